The zero-order valence-electron chi connectivity index (χ0n) is 8.97. The number of hydrogen-bond acceptors (Lipinski definition) is 2. The Morgan fingerprint density at radius 2 is 2.31 bits per heavy atom. The van der Waals surface area contributed by atoms with Gasteiger partial charge < -0.3 is 11.1 Å². The van der Waals surface area contributed by atoms with Gasteiger partial charge in [-0.1, -0.05) is 18.5 Å². The normalized spacial score (nSPS) is 12.2. The van der Waals surface area contributed by atoms with Crippen molar-refractivity contribution in [3.63, 3.8) is 0 Å². The van der Waals surface area contributed by atoms with Crippen molar-refractivity contribution in [1.82, 2.24) is 0 Å². The molecule has 1 atom stereocenters. The molecule has 3 nitrogen and oxygen atoms in total. The number of nitrogens with two attached hydrogens (primary N) is 1. The van der Waals surface area contributed by atoms with Gasteiger partial charge in [-0.3, -0.25) is 4.79 Å². The number of anilines is 1. The van der Waals surface area contributed by atoms with E-state index in [0.717, 1.165) is 0 Å². The highest BCUT2D eigenvalue weighted by atomic mass is 35.5. The number of carbonyl (C=O) groups is 1. The topological polar surface area (TPSA) is 55.1 Å². The summed E-state index contributed by atoms with van der Waals surface area (Å²) in [5, 5.41) is 2.62. The van der Waals surface area contributed by atoms with Gasteiger partial charge in [-0.25, -0.2) is 4.39 Å². The zero-order chi connectivity index (χ0) is 12.1. The zero-order valence-corrected chi connectivity index (χ0v) is 9.72. The molecule has 16 heavy (non-hydrogen) atoms. The van der Waals surface area contributed by atoms with Crippen LogP contribution in [0, 0.1) is 11.7 Å². The molecule has 3 N–H and O–H groups in total. The van der Waals surface area contributed by atoms with Gasteiger partial charge in [-0.2, -0.15) is 0 Å². The second kappa shape index (κ2) is 5.82. The lowest BCUT2D eigenvalue weighted by atomic mass is 10.1. The maximum atomic E-state index is 13.1. The van der Waals surface area contributed by atoms with Gasteiger partial charge in [-0.15, -0.1) is 0 Å². The molecule has 0 aliphatic rings. The Kier molecular flexibility index (Phi) is 4.71. The highest BCUT2D eigenvalue weighted by Crippen LogP contribution is 2.19. The Morgan fingerprint density at radius 1 is 1.62 bits per heavy atom. The molecule has 1 amide bonds. The van der Waals surface area contributed by atoms with E-state index >= 15 is 0 Å². The van der Waals surface area contributed by atoms with Crippen molar-refractivity contribution in [3.05, 3.63) is 29.0 Å². The minimum Gasteiger partial charge on any atom is -0.330 e. The van der Waals surface area contributed by atoms with Gasteiger partial charge in [0.05, 0.1) is 5.02 Å². The van der Waals surface area contributed by atoms with Crippen molar-refractivity contribution in [3.8, 4) is 0 Å². The lowest BCUT2D eigenvalue weighted by Crippen LogP contribution is -2.20. The average Bonchev–Trinajstić information content (AvgIpc) is 2.23. The number of carbonyl (C=O) groups excluding carboxylic acids is 1. The SMILES string of the molecule is CC(CN)CC(=O)Nc1ccc(Cl)c(F)c1. The summed E-state index contributed by atoms with van der Waals surface area (Å²) in [6.07, 6.45) is 0.320. The van der Waals surface area contributed by atoms with E-state index in [4.69, 9.17) is 17.3 Å². The summed E-state index contributed by atoms with van der Waals surface area (Å²) >= 11 is 5.52. The molecule has 0 saturated carbocycles. The third-order valence-electron chi connectivity index (χ3n) is 2.14. The van der Waals surface area contributed by atoms with Crippen LogP contribution in [0.15, 0.2) is 18.2 Å². The van der Waals surface area contributed by atoms with Crippen LogP contribution in [0.1, 0.15) is 13.3 Å². The molecule has 0 bridgehead atoms. The quantitative estimate of drug-likeness (QED) is 0.855. The summed E-state index contributed by atoms with van der Waals surface area (Å²) in [4.78, 5) is 11.5. The first-order chi connectivity index (χ1) is 7.52. The van der Waals surface area contributed by atoms with Crippen LogP contribution in [-0.4, -0.2) is 12.5 Å². The van der Waals surface area contributed by atoms with Crippen molar-refractivity contribution in [2.75, 3.05) is 11.9 Å². The van der Waals surface area contributed by atoms with E-state index in [9.17, 15) is 9.18 Å². The molecule has 88 valence electrons. The molecule has 0 aliphatic carbocycles. The van der Waals surface area contributed by atoms with Gasteiger partial charge in [0.1, 0.15) is 5.82 Å². The lowest BCUT2D eigenvalue weighted by molar-refractivity contribution is -0.116. The number of halogens is 2. The standard InChI is InChI=1S/C11H14ClFN2O/c1-7(6-14)4-11(16)15-8-2-3-9(12)10(13)5-8/h2-3,5,7H,4,6,14H2,1H3,(H,15,16). The Bertz CT molecular complexity index is 384. The summed E-state index contributed by atoms with van der Waals surface area (Å²) in [6.45, 7) is 2.32. The van der Waals surface area contributed by atoms with Crippen LogP contribution < -0.4 is 11.1 Å². The Labute approximate surface area is 98.8 Å². The molecule has 1 aromatic carbocycles. The van der Waals surface area contributed by atoms with Crippen LogP contribution in [-0.2, 0) is 4.79 Å². The van der Waals surface area contributed by atoms with Gasteiger partial charge in [0.15, 0.2) is 0 Å². The molecule has 0 aromatic heterocycles. The van der Waals surface area contributed by atoms with E-state index in [0.29, 0.717) is 18.7 Å². The van der Waals surface area contributed by atoms with Gasteiger partial charge in [0, 0.05) is 12.1 Å². The van der Waals surface area contributed by atoms with Crippen molar-refractivity contribution >= 4 is 23.2 Å². The minimum atomic E-state index is -0.550. The first kappa shape index (κ1) is 12.9. The van der Waals surface area contributed by atoms with E-state index < -0.39 is 5.82 Å². The van der Waals surface area contributed by atoms with E-state index in [-0.39, 0.29) is 16.8 Å². The summed E-state index contributed by atoms with van der Waals surface area (Å²) in [6, 6.07) is 4.14. The molecule has 1 rings (SSSR count). The predicted molar refractivity (Wildman–Crippen MR) is 62.9 cm³/mol. The van der Waals surface area contributed by atoms with Gasteiger partial charge in [0.25, 0.3) is 0 Å². The number of amides is 1. The molecular formula is C11H14ClFN2O. The predicted octanol–water partition coefficient (Wildman–Crippen LogP) is 2.40. The molecule has 0 spiro atoms. The molecule has 0 saturated heterocycles. The second-order valence-electron chi connectivity index (χ2n) is 3.72. The molecule has 1 unspecified atom stereocenters. The van der Waals surface area contributed by atoms with Crippen LogP contribution in [0.5, 0.6) is 0 Å². The van der Waals surface area contributed by atoms with Crippen LogP contribution in [0.3, 0.4) is 0 Å². The van der Waals surface area contributed by atoms with Crippen LogP contribution in [0.2, 0.25) is 5.02 Å². The monoisotopic (exact) mass is 244 g/mol. The average molecular weight is 245 g/mol. The van der Waals surface area contributed by atoms with Crippen LogP contribution in [0.4, 0.5) is 10.1 Å². The van der Waals surface area contributed by atoms with E-state index in [1.165, 1.54) is 12.1 Å². The fraction of sp³-hybridized carbons (Fsp3) is 0.364. The number of nitrogens with one attached hydrogen (secondary N) is 1. The van der Waals surface area contributed by atoms with E-state index in [2.05, 4.69) is 5.32 Å². The highest BCUT2D eigenvalue weighted by Gasteiger charge is 2.08. The van der Waals surface area contributed by atoms with Gasteiger partial charge >= 0.3 is 0 Å². The molecule has 0 heterocycles. The fourth-order valence-electron chi connectivity index (χ4n) is 1.19. The highest BCUT2D eigenvalue weighted by molar-refractivity contribution is 6.30. The summed E-state index contributed by atoms with van der Waals surface area (Å²) < 4.78 is 13.1. The Morgan fingerprint density at radius 3 is 2.88 bits per heavy atom. The molecule has 5 heteroatoms. The van der Waals surface area contributed by atoms with Crippen LogP contribution >= 0.6 is 11.6 Å². The molecule has 1 aromatic rings. The lowest BCUT2D eigenvalue weighted by Gasteiger charge is -2.09. The fourth-order valence-corrected chi connectivity index (χ4v) is 1.30. The minimum absolute atomic E-state index is 0.0355. The number of rotatable bonds is 4. The largest absolute Gasteiger partial charge is 0.330 e. The summed E-state index contributed by atoms with van der Waals surface area (Å²) in [5.74, 6) is -0.622. The molecular weight excluding hydrogens is 231 g/mol. The van der Waals surface area contributed by atoms with Crippen molar-refractivity contribution < 1.29 is 9.18 Å². The molecule has 0 radical (unpaired) electrons. The van der Waals surface area contributed by atoms with Crippen molar-refractivity contribution in [1.29, 1.82) is 0 Å². The summed E-state index contributed by atoms with van der Waals surface area (Å²) in [7, 11) is 0. The smallest absolute Gasteiger partial charge is 0.224 e. The van der Waals surface area contributed by atoms with Crippen molar-refractivity contribution in [2.24, 2.45) is 11.7 Å². The third kappa shape index (κ3) is 3.79. The van der Waals surface area contributed by atoms with E-state index in [1.54, 1.807) is 6.07 Å². The van der Waals surface area contributed by atoms with E-state index in [1.807, 2.05) is 6.92 Å². The van der Waals surface area contributed by atoms with Gasteiger partial charge in [-0.05, 0) is 30.7 Å². The summed E-state index contributed by atoms with van der Waals surface area (Å²) in [5.41, 5.74) is 5.80. The number of hydrogen-bond donors (Lipinski definition) is 2. The van der Waals surface area contributed by atoms with Crippen LogP contribution in [0.25, 0.3) is 0 Å². The maximum absolute atomic E-state index is 13.1. The first-order valence-corrected chi connectivity index (χ1v) is 5.35. The molecule has 0 aliphatic heterocycles. The Balaban J connectivity index is 2.59. The van der Waals surface area contributed by atoms with Gasteiger partial charge in [0.2, 0.25) is 5.91 Å². The Hall–Kier alpha value is -1.13. The molecule has 0 fully saturated rings. The first-order valence-electron chi connectivity index (χ1n) is 4.98. The van der Waals surface area contributed by atoms with Crippen molar-refractivity contribution in [2.45, 2.75) is 13.3 Å². The maximum Gasteiger partial charge on any atom is 0.224 e. The second-order valence-corrected chi connectivity index (χ2v) is 4.13. The third-order valence-corrected chi connectivity index (χ3v) is 2.45. The number of benzene rings is 1.